The molecule has 1 N–H and O–H groups in total. The van der Waals surface area contributed by atoms with E-state index in [-0.39, 0.29) is 11.6 Å². The van der Waals surface area contributed by atoms with Crippen molar-refractivity contribution in [2.75, 3.05) is 0 Å². The number of aromatic amines is 1. The maximum atomic E-state index is 14.8. The minimum absolute atomic E-state index is 0.0413. The number of carbonyl (C=O) groups excluding carboxylic acids is 1. The average Bonchev–Trinajstić information content (AvgIpc) is 3.57. The molecule has 7 heteroatoms. The molecule has 0 aliphatic heterocycles. The Morgan fingerprint density at radius 3 is 2.32 bits per heavy atom. The summed E-state index contributed by atoms with van der Waals surface area (Å²) in [6.07, 6.45) is 1.77. The minimum Gasteiger partial charge on any atom is -0.360 e. The predicted octanol–water partition coefficient (Wildman–Crippen LogP) is 7.33. The van der Waals surface area contributed by atoms with E-state index in [0.717, 1.165) is 22.0 Å². The molecule has 0 aliphatic carbocycles. The fourth-order valence-corrected chi connectivity index (χ4v) is 5.65. The molecule has 2 heterocycles. The predicted molar refractivity (Wildman–Crippen MR) is 149 cm³/mol. The summed E-state index contributed by atoms with van der Waals surface area (Å²) in [6.45, 7) is 0.433. The highest BCUT2D eigenvalue weighted by atomic mass is 32.2. The number of fused-ring (bicyclic) bond motifs is 1. The van der Waals surface area contributed by atoms with Crippen molar-refractivity contribution < 1.29 is 9.18 Å². The van der Waals surface area contributed by atoms with E-state index in [2.05, 4.69) is 15.2 Å². The van der Waals surface area contributed by atoms with E-state index < -0.39 is 5.25 Å². The van der Waals surface area contributed by atoms with Crippen LogP contribution in [0.15, 0.2) is 121 Å². The quantitative estimate of drug-likeness (QED) is 0.169. The van der Waals surface area contributed by atoms with Crippen LogP contribution in [0.2, 0.25) is 0 Å². The van der Waals surface area contributed by atoms with Crippen LogP contribution < -0.4 is 0 Å². The summed E-state index contributed by atoms with van der Waals surface area (Å²) < 4.78 is 16.7. The molecule has 0 aliphatic rings. The summed E-state index contributed by atoms with van der Waals surface area (Å²) >= 11 is 1.33. The number of nitrogens with zero attached hydrogens (tertiary/aromatic N) is 3. The Kier molecular flexibility index (Phi) is 6.58. The SMILES string of the molecule is O=C(c1c[nH]c2ccccc12)[C@@H](Sc1nnc(-c2ccccc2F)n1Cc1ccccc1)c1ccccc1. The Bertz CT molecular complexity index is 1710. The molecule has 0 radical (unpaired) electrons. The average molecular weight is 519 g/mol. The van der Waals surface area contributed by atoms with Crippen molar-refractivity contribution in [1.82, 2.24) is 19.7 Å². The smallest absolute Gasteiger partial charge is 0.192 e. The van der Waals surface area contributed by atoms with Gasteiger partial charge in [0.15, 0.2) is 16.8 Å². The van der Waals surface area contributed by atoms with Gasteiger partial charge >= 0.3 is 0 Å². The first kappa shape index (κ1) is 23.9. The molecular weight excluding hydrogens is 495 g/mol. The van der Waals surface area contributed by atoms with E-state index >= 15 is 0 Å². The number of halogens is 1. The second kappa shape index (κ2) is 10.5. The van der Waals surface area contributed by atoms with Gasteiger partial charge in [-0.1, -0.05) is 103 Å². The van der Waals surface area contributed by atoms with E-state index in [4.69, 9.17) is 0 Å². The molecule has 2 aromatic heterocycles. The lowest BCUT2D eigenvalue weighted by Crippen LogP contribution is -2.12. The number of aromatic nitrogens is 4. The van der Waals surface area contributed by atoms with Crippen molar-refractivity contribution >= 4 is 28.4 Å². The van der Waals surface area contributed by atoms with Gasteiger partial charge in [-0.3, -0.25) is 9.36 Å². The standard InChI is InChI=1S/C31H23FN4OS/c32-26-17-9-7-16-24(26)30-34-35-31(36(30)20-21-11-3-1-4-12-21)38-29(22-13-5-2-6-14-22)28(37)25-19-33-27-18-10-8-15-23(25)27/h1-19,29,33H,20H2/t29-/m0/s1. The fraction of sp³-hybridized carbons (Fsp3) is 0.0645. The number of rotatable bonds is 8. The molecule has 0 saturated heterocycles. The number of hydrogen-bond donors (Lipinski definition) is 1. The molecule has 0 spiro atoms. The van der Waals surface area contributed by atoms with E-state index in [1.807, 2.05) is 89.5 Å². The van der Waals surface area contributed by atoms with Gasteiger partial charge in [-0.25, -0.2) is 4.39 Å². The van der Waals surface area contributed by atoms with Gasteiger partial charge in [0, 0.05) is 22.7 Å². The molecular formula is C31H23FN4OS. The Labute approximate surface area is 223 Å². The van der Waals surface area contributed by atoms with E-state index in [0.29, 0.717) is 28.7 Å². The molecule has 0 amide bonds. The first-order valence-electron chi connectivity index (χ1n) is 12.2. The van der Waals surface area contributed by atoms with E-state index in [1.165, 1.54) is 17.8 Å². The highest BCUT2D eigenvalue weighted by molar-refractivity contribution is 8.00. The third kappa shape index (κ3) is 4.64. The normalized spacial score (nSPS) is 12.0. The van der Waals surface area contributed by atoms with Crippen LogP contribution in [0.3, 0.4) is 0 Å². The van der Waals surface area contributed by atoms with Crippen LogP contribution >= 0.6 is 11.8 Å². The van der Waals surface area contributed by atoms with Crippen LogP contribution in [0.5, 0.6) is 0 Å². The van der Waals surface area contributed by atoms with Gasteiger partial charge < -0.3 is 4.98 Å². The van der Waals surface area contributed by atoms with Crippen molar-refractivity contribution in [3.05, 3.63) is 138 Å². The van der Waals surface area contributed by atoms with Gasteiger partial charge in [0.05, 0.1) is 12.1 Å². The van der Waals surface area contributed by atoms with Gasteiger partial charge in [0.1, 0.15) is 11.1 Å². The summed E-state index contributed by atoms with van der Waals surface area (Å²) in [5, 5.41) is 9.69. The molecule has 0 saturated carbocycles. The lowest BCUT2D eigenvalue weighted by molar-refractivity contribution is 0.0991. The van der Waals surface area contributed by atoms with Gasteiger partial charge in [-0.2, -0.15) is 0 Å². The van der Waals surface area contributed by atoms with Crippen molar-refractivity contribution in [2.45, 2.75) is 17.0 Å². The number of thioether (sulfide) groups is 1. The summed E-state index contributed by atoms with van der Waals surface area (Å²) in [5.74, 6) is 0.00130. The van der Waals surface area contributed by atoms with Crippen LogP contribution in [0, 0.1) is 5.82 Å². The number of benzene rings is 4. The van der Waals surface area contributed by atoms with Crippen molar-refractivity contribution in [1.29, 1.82) is 0 Å². The lowest BCUT2D eigenvalue weighted by Gasteiger charge is -2.17. The topological polar surface area (TPSA) is 63.6 Å². The first-order chi connectivity index (χ1) is 18.7. The number of ketones is 1. The minimum atomic E-state index is -0.581. The van der Waals surface area contributed by atoms with Crippen molar-refractivity contribution in [3.8, 4) is 11.4 Å². The second-order valence-electron chi connectivity index (χ2n) is 8.88. The molecule has 5 nitrogen and oxygen atoms in total. The molecule has 0 bridgehead atoms. The number of Topliss-reactive ketones (excluding diaryl/α,β-unsaturated/α-hetero) is 1. The van der Waals surface area contributed by atoms with E-state index in [1.54, 1.807) is 24.4 Å². The fourth-order valence-electron chi connectivity index (χ4n) is 4.55. The molecule has 6 rings (SSSR count). The third-order valence-electron chi connectivity index (χ3n) is 6.43. The zero-order valence-corrected chi connectivity index (χ0v) is 21.1. The molecule has 1 atom stereocenters. The number of para-hydroxylation sites is 1. The van der Waals surface area contributed by atoms with Crippen molar-refractivity contribution in [2.24, 2.45) is 0 Å². The molecule has 4 aromatic carbocycles. The first-order valence-corrected chi connectivity index (χ1v) is 13.1. The van der Waals surface area contributed by atoms with Gasteiger partial charge in [-0.05, 0) is 29.3 Å². The van der Waals surface area contributed by atoms with Crippen LogP contribution in [-0.2, 0) is 6.54 Å². The lowest BCUT2D eigenvalue weighted by atomic mass is 10.0. The van der Waals surface area contributed by atoms with Crippen LogP contribution in [0.25, 0.3) is 22.3 Å². The largest absolute Gasteiger partial charge is 0.360 e. The van der Waals surface area contributed by atoms with E-state index in [9.17, 15) is 9.18 Å². The van der Waals surface area contributed by atoms with Crippen LogP contribution in [-0.4, -0.2) is 25.5 Å². The maximum absolute atomic E-state index is 14.8. The Morgan fingerprint density at radius 1 is 0.842 bits per heavy atom. The van der Waals surface area contributed by atoms with Gasteiger partial charge in [-0.15, -0.1) is 10.2 Å². The zero-order chi connectivity index (χ0) is 25.9. The highest BCUT2D eigenvalue weighted by Crippen LogP contribution is 2.40. The van der Waals surface area contributed by atoms with Crippen molar-refractivity contribution in [3.63, 3.8) is 0 Å². The summed E-state index contributed by atoms with van der Waals surface area (Å²) in [7, 11) is 0. The third-order valence-corrected chi connectivity index (χ3v) is 7.67. The van der Waals surface area contributed by atoms with Gasteiger partial charge in [0.2, 0.25) is 0 Å². The monoisotopic (exact) mass is 518 g/mol. The Morgan fingerprint density at radius 2 is 1.53 bits per heavy atom. The second-order valence-corrected chi connectivity index (χ2v) is 9.95. The van der Waals surface area contributed by atoms with Gasteiger partial charge in [0.25, 0.3) is 0 Å². The molecule has 0 fully saturated rings. The number of carbonyl (C=O) groups is 1. The summed E-state index contributed by atoms with van der Waals surface area (Å²) in [6, 6.07) is 33.8. The molecule has 38 heavy (non-hydrogen) atoms. The number of nitrogens with one attached hydrogen (secondary N) is 1. The number of hydrogen-bond acceptors (Lipinski definition) is 4. The summed E-state index contributed by atoms with van der Waals surface area (Å²) in [4.78, 5) is 17.3. The Hall–Kier alpha value is -4.49. The van der Waals surface area contributed by atoms with Crippen LogP contribution in [0.1, 0.15) is 26.7 Å². The molecule has 0 unspecified atom stereocenters. The molecule has 186 valence electrons. The summed E-state index contributed by atoms with van der Waals surface area (Å²) in [5.41, 5.74) is 3.76. The highest BCUT2D eigenvalue weighted by Gasteiger charge is 2.29. The van der Waals surface area contributed by atoms with Crippen LogP contribution in [0.4, 0.5) is 4.39 Å². The number of H-pyrrole nitrogens is 1. The maximum Gasteiger partial charge on any atom is 0.192 e. The Balaban J connectivity index is 1.45. The molecule has 6 aromatic rings. The zero-order valence-electron chi connectivity index (χ0n) is 20.3.